The Morgan fingerprint density at radius 1 is 1.15 bits per heavy atom. The van der Waals surface area contributed by atoms with Crippen molar-refractivity contribution in [2.75, 3.05) is 0 Å². The molecule has 0 aromatic rings. The molecule has 0 N–H and O–H groups in total. The van der Waals surface area contributed by atoms with Crippen molar-refractivity contribution in [1.29, 1.82) is 0 Å². The van der Waals surface area contributed by atoms with Gasteiger partial charge < -0.3 is 0 Å². The van der Waals surface area contributed by atoms with Crippen LogP contribution in [0, 0.1) is 0 Å². The molecule has 68 valence electrons. The molecule has 0 aromatic carbocycles. The van der Waals surface area contributed by atoms with E-state index in [4.69, 9.17) is 0 Å². The molecule has 0 atom stereocenters. The summed E-state index contributed by atoms with van der Waals surface area (Å²) in [5.74, 6) is 0. The molecule has 0 aromatic heterocycles. The number of nitrogens with zero attached hydrogens (tertiary/aromatic N) is 1. The second-order valence-electron chi connectivity index (χ2n) is 2.25. The molecule has 0 amide bonds. The van der Waals surface area contributed by atoms with Crippen LogP contribution in [0.1, 0.15) is 6.92 Å². The molecule has 0 saturated carbocycles. The fourth-order valence-corrected chi connectivity index (χ4v) is 0.834. The minimum Gasteiger partial charge on any atom is -0.257 e. The smallest absolute Gasteiger partial charge is 0.0659 e. The molecule has 0 fully saturated rings. The number of rotatable bonds is 5. The van der Waals surface area contributed by atoms with E-state index in [-0.39, 0.29) is 0 Å². The highest BCUT2D eigenvalue weighted by molar-refractivity contribution is 5.72. The third-order valence-corrected chi connectivity index (χ3v) is 1.41. The van der Waals surface area contributed by atoms with Crippen molar-refractivity contribution < 1.29 is 0 Å². The van der Waals surface area contributed by atoms with Gasteiger partial charge in [-0.25, -0.2) is 0 Å². The van der Waals surface area contributed by atoms with E-state index < -0.39 is 0 Å². The average molecular weight is 173 g/mol. The van der Waals surface area contributed by atoms with Crippen LogP contribution < -0.4 is 0 Å². The van der Waals surface area contributed by atoms with Gasteiger partial charge in [0, 0.05) is 6.21 Å². The van der Waals surface area contributed by atoms with Gasteiger partial charge in [0.1, 0.15) is 0 Å². The highest BCUT2D eigenvalue weighted by Crippen LogP contribution is 2.11. The van der Waals surface area contributed by atoms with Gasteiger partial charge in [-0.05, 0) is 12.5 Å². The van der Waals surface area contributed by atoms with E-state index >= 15 is 0 Å². The normalized spacial score (nSPS) is 13.0. The van der Waals surface area contributed by atoms with Crippen LogP contribution in [0.2, 0.25) is 0 Å². The topological polar surface area (TPSA) is 12.4 Å². The number of hydrogen-bond donors (Lipinski definition) is 0. The van der Waals surface area contributed by atoms with Crippen molar-refractivity contribution in [2.45, 2.75) is 6.92 Å². The summed E-state index contributed by atoms with van der Waals surface area (Å²) in [4.78, 5) is 4.18. The van der Waals surface area contributed by atoms with Crippen molar-refractivity contribution in [3.05, 3.63) is 61.4 Å². The molecule has 0 aliphatic heterocycles. The summed E-state index contributed by atoms with van der Waals surface area (Å²) in [6, 6.07) is 0. The summed E-state index contributed by atoms with van der Waals surface area (Å²) in [5.41, 5.74) is 1.82. The molecule has 0 bridgehead atoms. The molecule has 0 aliphatic carbocycles. The van der Waals surface area contributed by atoms with E-state index in [0.29, 0.717) is 0 Å². The highest BCUT2D eigenvalue weighted by Gasteiger charge is 1.94. The highest BCUT2D eigenvalue weighted by atomic mass is 14.7. The lowest BCUT2D eigenvalue weighted by Gasteiger charge is -1.99. The van der Waals surface area contributed by atoms with Crippen LogP contribution in [0.3, 0.4) is 0 Å². The van der Waals surface area contributed by atoms with Gasteiger partial charge in [0.25, 0.3) is 0 Å². The van der Waals surface area contributed by atoms with Gasteiger partial charge in [0.2, 0.25) is 0 Å². The summed E-state index contributed by atoms with van der Waals surface area (Å²) in [5, 5.41) is 0. The van der Waals surface area contributed by atoms with Crippen molar-refractivity contribution in [3.63, 3.8) is 0 Å². The molecule has 0 unspecified atom stereocenters. The van der Waals surface area contributed by atoms with Crippen LogP contribution in [0.5, 0.6) is 0 Å². The summed E-state index contributed by atoms with van der Waals surface area (Å²) in [6.45, 7) is 12.8. The second kappa shape index (κ2) is 7.04. The quantitative estimate of drug-likeness (QED) is 0.446. The Bertz CT molecular complexity index is 277. The molecule has 0 saturated heterocycles. The Labute approximate surface area is 80.2 Å². The molecule has 0 heterocycles. The van der Waals surface area contributed by atoms with Crippen molar-refractivity contribution in [1.82, 2.24) is 0 Å². The van der Waals surface area contributed by atoms with Gasteiger partial charge in [-0.15, -0.1) is 0 Å². The molecule has 0 spiro atoms. The van der Waals surface area contributed by atoms with E-state index in [1.807, 2.05) is 19.1 Å². The third kappa shape index (κ3) is 4.06. The van der Waals surface area contributed by atoms with Gasteiger partial charge in [0.05, 0.1) is 5.70 Å². The van der Waals surface area contributed by atoms with Crippen LogP contribution in [-0.2, 0) is 0 Å². The van der Waals surface area contributed by atoms with Crippen LogP contribution in [0.4, 0.5) is 0 Å². The van der Waals surface area contributed by atoms with Crippen LogP contribution in [-0.4, -0.2) is 6.21 Å². The largest absolute Gasteiger partial charge is 0.257 e. The predicted molar refractivity (Wildman–Crippen MR) is 60.9 cm³/mol. The SMILES string of the molecule is C=CC=NC(=C/C)/C(C=C)=C\C=C. The fourth-order valence-electron chi connectivity index (χ4n) is 0.834. The molecule has 0 rings (SSSR count). The van der Waals surface area contributed by atoms with Crippen molar-refractivity contribution >= 4 is 6.21 Å². The lowest BCUT2D eigenvalue weighted by molar-refractivity contribution is 1.34. The first-order chi connectivity index (χ1) is 6.29. The maximum Gasteiger partial charge on any atom is 0.0659 e. The van der Waals surface area contributed by atoms with Gasteiger partial charge in [-0.2, -0.15) is 0 Å². The van der Waals surface area contributed by atoms with E-state index in [9.17, 15) is 0 Å². The molecule has 1 heteroatoms. The number of aliphatic imine (C=N–C) groups is 1. The van der Waals surface area contributed by atoms with Gasteiger partial charge in [0.15, 0.2) is 0 Å². The Morgan fingerprint density at radius 2 is 1.85 bits per heavy atom. The molecular formula is C12H15N. The maximum absolute atomic E-state index is 4.18. The van der Waals surface area contributed by atoms with Gasteiger partial charge in [-0.1, -0.05) is 50.1 Å². The van der Waals surface area contributed by atoms with Crippen LogP contribution in [0.25, 0.3) is 0 Å². The monoisotopic (exact) mass is 173 g/mol. The van der Waals surface area contributed by atoms with E-state index in [2.05, 4.69) is 24.7 Å². The number of hydrogen-bond acceptors (Lipinski definition) is 1. The zero-order chi connectivity index (χ0) is 10.1. The van der Waals surface area contributed by atoms with E-state index in [1.54, 1.807) is 24.4 Å². The first kappa shape index (κ1) is 11.4. The zero-order valence-electron chi connectivity index (χ0n) is 8.03. The minimum atomic E-state index is 0.870. The zero-order valence-corrected chi connectivity index (χ0v) is 8.03. The molecule has 1 nitrogen and oxygen atoms in total. The molecular weight excluding hydrogens is 158 g/mol. The summed E-state index contributed by atoms with van der Waals surface area (Å²) in [6.07, 6.45) is 10.5. The Kier molecular flexibility index (Phi) is 6.16. The first-order valence-corrected chi connectivity index (χ1v) is 4.07. The third-order valence-electron chi connectivity index (χ3n) is 1.41. The van der Waals surface area contributed by atoms with Crippen molar-refractivity contribution in [3.8, 4) is 0 Å². The Balaban J connectivity index is 4.85. The standard InChI is InChI=1S/C12H15N/c1-5-9-11(7-3)12(8-4)13-10-6-2/h5-10H,1-3H2,4H3/b11-9-,12-8+,13-10?. The summed E-state index contributed by atoms with van der Waals surface area (Å²) in [7, 11) is 0. The fraction of sp³-hybridized carbons (Fsp3) is 0.0833. The maximum atomic E-state index is 4.18. The van der Waals surface area contributed by atoms with Gasteiger partial charge in [-0.3, -0.25) is 4.99 Å². The lowest BCUT2D eigenvalue weighted by atomic mass is 10.1. The molecule has 13 heavy (non-hydrogen) atoms. The molecule has 0 aliphatic rings. The van der Waals surface area contributed by atoms with E-state index in [1.165, 1.54) is 0 Å². The first-order valence-electron chi connectivity index (χ1n) is 4.07. The average Bonchev–Trinajstić information content (AvgIpc) is 2.17. The molecule has 0 radical (unpaired) electrons. The van der Waals surface area contributed by atoms with Crippen LogP contribution >= 0.6 is 0 Å². The second-order valence-corrected chi connectivity index (χ2v) is 2.25. The summed E-state index contributed by atoms with van der Waals surface area (Å²) < 4.78 is 0. The minimum absolute atomic E-state index is 0.870. The predicted octanol–water partition coefficient (Wildman–Crippen LogP) is 3.45. The van der Waals surface area contributed by atoms with E-state index in [0.717, 1.165) is 11.3 Å². The van der Waals surface area contributed by atoms with Crippen molar-refractivity contribution in [2.24, 2.45) is 4.99 Å². The van der Waals surface area contributed by atoms with Gasteiger partial charge >= 0.3 is 0 Å². The number of allylic oxidation sites excluding steroid dienone is 5. The lowest BCUT2D eigenvalue weighted by Crippen LogP contribution is -1.82. The summed E-state index contributed by atoms with van der Waals surface area (Å²) >= 11 is 0. The van der Waals surface area contributed by atoms with Crippen LogP contribution in [0.15, 0.2) is 66.4 Å². The Hall–Kier alpha value is -1.63. The Morgan fingerprint density at radius 3 is 2.23 bits per heavy atom.